The first-order valence-corrected chi connectivity index (χ1v) is 9.33. The van der Waals surface area contributed by atoms with E-state index in [0.717, 1.165) is 25.0 Å². The van der Waals surface area contributed by atoms with Crippen molar-refractivity contribution in [1.29, 1.82) is 0 Å². The summed E-state index contributed by atoms with van der Waals surface area (Å²) in [5, 5.41) is 9.40. The molecule has 2 aromatic rings. The Balaban J connectivity index is 1.36. The van der Waals surface area contributed by atoms with Crippen molar-refractivity contribution in [3.05, 3.63) is 41.9 Å². The Labute approximate surface area is 160 Å². The molecular weight excluding hydrogens is 370 g/mol. The Morgan fingerprint density at radius 2 is 2.04 bits per heavy atom. The monoisotopic (exact) mass is 390 g/mol. The van der Waals surface area contributed by atoms with E-state index in [2.05, 4.69) is 4.98 Å². The lowest BCUT2D eigenvalue weighted by molar-refractivity contribution is -0.142. The molecule has 2 fully saturated rings. The number of rotatable bonds is 6. The Morgan fingerprint density at radius 1 is 1.25 bits per heavy atom. The number of halogens is 2. The maximum absolute atomic E-state index is 13.8. The highest BCUT2D eigenvalue weighted by Crippen LogP contribution is 2.44. The Morgan fingerprint density at radius 3 is 2.71 bits per heavy atom. The smallest absolute Gasteiger partial charge is 0.308 e. The van der Waals surface area contributed by atoms with Gasteiger partial charge in [0.2, 0.25) is 5.91 Å². The average molecular weight is 390 g/mol. The number of benzene rings is 1. The van der Waals surface area contributed by atoms with Gasteiger partial charge in [-0.3, -0.25) is 9.59 Å². The fourth-order valence-corrected chi connectivity index (χ4v) is 3.91. The van der Waals surface area contributed by atoms with E-state index in [1.807, 2.05) is 0 Å². The lowest BCUT2D eigenvalue weighted by atomic mass is 9.92. The number of likely N-dealkylation sites (tertiary alicyclic amines) is 1. The van der Waals surface area contributed by atoms with Crippen molar-refractivity contribution in [1.82, 2.24) is 9.88 Å². The summed E-state index contributed by atoms with van der Waals surface area (Å²) in [6.07, 6.45) is 3.78. The third-order valence-electron chi connectivity index (χ3n) is 5.57. The number of carboxylic acids is 1. The summed E-state index contributed by atoms with van der Waals surface area (Å²) < 4.78 is 32.3. The Hall–Kier alpha value is -2.77. The van der Waals surface area contributed by atoms with Gasteiger partial charge in [-0.05, 0) is 36.8 Å². The summed E-state index contributed by atoms with van der Waals surface area (Å²) in [6, 6.07) is 3.17. The molecule has 0 unspecified atom stereocenters. The molecule has 0 radical (unpaired) electrons. The molecule has 148 valence electrons. The molecule has 4 rings (SSSR count). The van der Waals surface area contributed by atoms with E-state index in [1.165, 1.54) is 12.3 Å². The SMILES string of the molecule is O=C(O)[C@H]1CN(C(=O)CCc2ncc(-c3ccc(F)cc3F)o2)C[C@@H]1C1CC1. The number of hydrogen-bond donors (Lipinski definition) is 1. The molecule has 1 saturated heterocycles. The van der Waals surface area contributed by atoms with E-state index in [-0.39, 0.29) is 48.4 Å². The van der Waals surface area contributed by atoms with Gasteiger partial charge < -0.3 is 14.4 Å². The minimum absolute atomic E-state index is 0.0382. The van der Waals surface area contributed by atoms with Crippen molar-refractivity contribution >= 4 is 11.9 Å². The predicted molar refractivity (Wildman–Crippen MR) is 94.1 cm³/mol. The molecule has 1 aromatic heterocycles. The van der Waals surface area contributed by atoms with E-state index in [4.69, 9.17) is 4.42 Å². The summed E-state index contributed by atoms with van der Waals surface area (Å²) in [6.45, 7) is 0.727. The van der Waals surface area contributed by atoms with Crippen LogP contribution in [0.2, 0.25) is 0 Å². The van der Waals surface area contributed by atoms with Gasteiger partial charge >= 0.3 is 5.97 Å². The minimum atomic E-state index is -0.842. The molecule has 0 bridgehead atoms. The maximum atomic E-state index is 13.8. The predicted octanol–water partition coefficient (Wildman–Crippen LogP) is 3.12. The van der Waals surface area contributed by atoms with E-state index in [1.54, 1.807) is 4.90 Å². The van der Waals surface area contributed by atoms with Crippen LogP contribution < -0.4 is 0 Å². The molecular formula is C20H20F2N2O4. The van der Waals surface area contributed by atoms with E-state index in [0.29, 0.717) is 12.5 Å². The molecule has 1 N–H and O–H groups in total. The first kappa shape index (κ1) is 18.6. The van der Waals surface area contributed by atoms with Gasteiger partial charge in [0.05, 0.1) is 17.7 Å². The summed E-state index contributed by atoms with van der Waals surface area (Å²) in [5.74, 6) is -2.00. The summed E-state index contributed by atoms with van der Waals surface area (Å²) in [7, 11) is 0. The number of aromatic nitrogens is 1. The van der Waals surface area contributed by atoms with Crippen molar-refractivity contribution in [3.8, 4) is 11.3 Å². The first-order valence-electron chi connectivity index (χ1n) is 9.33. The van der Waals surface area contributed by atoms with Crippen LogP contribution in [0.25, 0.3) is 11.3 Å². The van der Waals surface area contributed by atoms with Gasteiger partial charge in [-0.15, -0.1) is 0 Å². The van der Waals surface area contributed by atoms with Gasteiger partial charge in [-0.2, -0.15) is 0 Å². The highest BCUT2D eigenvalue weighted by atomic mass is 19.1. The molecule has 1 aromatic carbocycles. The normalized spacial score (nSPS) is 21.9. The third-order valence-corrected chi connectivity index (χ3v) is 5.57. The van der Waals surface area contributed by atoms with Crippen molar-refractivity contribution in [3.63, 3.8) is 0 Å². The molecule has 1 saturated carbocycles. The molecule has 6 nitrogen and oxygen atoms in total. The lowest BCUT2D eigenvalue weighted by Gasteiger charge is -2.15. The lowest BCUT2D eigenvalue weighted by Crippen LogP contribution is -2.30. The summed E-state index contributed by atoms with van der Waals surface area (Å²) >= 11 is 0. The first-order chi connectivity index (χ1) is 13.4. The van der Waals surface area contributed by atoms with Gasteiger partial charge in [-0.25, -0.2) is 13.8 Å². The second-order valence-corrected chi connectivity index (χ2v) is 7.49. The number of carbonyl (C=O) groups is 2. The van der Waals surface area contributed by atoms with Crippen LogP contribution in [0.5, 0.6) is 0 Å². The molecule has 2 aliphatic rings. The van der Waals surface area contributed by atoms with Crippen LogP contribution in [0.1, 0.15) is 25.2 Å². The maximum Gasteiger partial charge on any atom is 0.308 e. The van der Waals surface area contributed by atoms with Crippen LogP contribution in [-0.4, -0.2) is 40.0 Å². The molecule has 8 heteroatoms. The minimum Gasteiger partial charge on any atom is -0.481 e. The molecule has 28 heavy (non-hydrogen) atoms. The van der Waals surface area contributed by atoms with Crippen LogP contribution in [0, 0.1) is 29.4 Å². The average Bonchev–Trinajstić information content (AvgIpc) is 3.22. The highest BCUT2D eigenvalue weighted by Gasteiger charge is 2.46. The Kier molecular flexibility index (Phi) is 4.87. The zero-order valence-corrected chi connectivity index (χ0v) is 15.1. The number of oxazole rings is 1. The summed E-state index contributed by atoms with van der Waals surface area (Å²) in [5.41, 5.74) is 0.0996. The van der Waals surface area contributed by atoms with Gasteiger partial charge in [0, 0.05) is 32.0 Å². The number of nitrogens with zero attached hydrogens (tertiary/aromatic N) is 2. The van der Waals surface area contributed by atoms with Gasteiger partial charge in [-0.1, -0.05) is 0 Å². The topological polar surface area (TPSA) is 83.6 Å². The molecule has 2 heterocycles. The van der Waals surface area contributed by atoms with Crippen LogP contribution in [0.3, 0.4) is 0 Å². The van der Waals surface area contributed by atoms with Gasteiger partial charge in [0.15, 0.2) is 11.7 Å². The number of aryl methyl sites for hydroxylation is 1. The largest absolute Gasteiger partial charge is 0.481 e. The highest BCUT2D eigenvalue weighted by molar-refractivity contribution is 5.79. The van der Waals surface area contributed by atoms with Crippen LogP contribution >= 0.6 is 0 Å². The summed E-state index contributed by atoms with van der Waals surface area (Å²) in [4.78, 5) is 29.6. The fraction of sp³-hybridized carbons (Fsp3) is 0.450. The van der Waals surface area contributed by atoms with Gasteiger partial charge in [0.25, 0.3) is 0 Å². The molecule has 1 aliphatic carbocycles. The van der Waals surface area contributed by atoms with Crippen molar-refractivity contribution < 1.29 is 27.9 Å². The van der Waals surface area contributed by atoms with Crippen molar-refractivity contribution in [2.45, 2.75) is 25.7 Å². The zero-order valence-electron chi connectivity index (χ0n) is 15.1. The third kappa shape index (κ3) is 3.76. The second kappa shape index (κ2) is 7.33. The second-order valence-electron chi connectivity index (χ2n) is 7.49. The molecule has 0 spiro atoms. The number of carbonyl (C=O) groups excluding carboxylic acids is 1. The molecule has 1 aliphatic heterocycles. The quantitative estimate of drug-likeness (QED) is 0.819. The van der Waals surface area contributed by atoms with E-state index < -0.39 is 23.5 Å². The zero-order chi connectivity index (χ0) is 19.8. The van der Waals surface area contributed by atoms with Crippen LogP contribution in [0.15, 0.2) is 28.8 Å². The Bertz CT molecular complexity index is 909. The van der Waals surface area contributed by atoms with Gasteiger partial charge in [0.1, 0.15) is 11.6 Å². The number of hydrogen-bond acceptors (Lipinski definition) is 4. The van der Waals surface area contributed by atoms with E-state index in [9.17, 15) is 23.5 Å². The number of aliphatic carboxylic acids is 1. The number of carboxylic acid groups (broad SMARTS) is 1. The molecule has 1 amide bonds. The number of amides is 1. The van der Waals surface area contributed by atoms with Crippen LogP contribution in [0.4, 0.5) is 8.78 Å². The van der Waals surface area contributed by atoms with Crippen molar-refractivity contribution in [2.75, 3.05) is 13.1 Å². The van der Waals surface area contributed by atoms with E-state index >= 15 is 0 Å². The van der Waals surface area contributed by atoms with Crippen molar-refractivity contribution in [2.24, 2.45) is 17.8 Å². The van der Waals surface area contributed by atoms with Crippen LogP contribution in [-0.2, 0) is 16.0 Å². The standard InChI is InChI=1S/C20H20F2N2O4/c21-12-3-4-13(16(22)7-12)17-8-23-18(28-17)5-6-19(25)24-9-14(11-1-2-11)15(10-24)20(26)27/h3-4,7-8,11,14-15H,1-2,5-6,9-10H2,(H,26,27)/t14-,15+/m1/s1. The fourth-order valence-electron chi connectivity index (χ4n) is 3.91. The molecule has 2 atom stereocenters.